The van der Waals surface area contributed by atoms with Crippen LogP contribution in [0.5, 0.6) is 23.0 Å². The van der Waals surface area contributed by atoms with E-state index >= 15 is 0 Å². The first kappa shape index (κ1) is 15.1. The number of hydrogen-bond donors (Lipinski definition) is 1. The molecule has 126 valence electrons. The van der Waals surface area contributed by atoms with E-state index in [9.17, 15) is 4.79 Å². The van der Waals surface area contributed by atoms with Crippen LogP contribution in [-0.4, -0.2) is 19.5 Å². The molecular weight excluding hydrogens is 322 g/mol. The number of carbonyl (C=O) groups is 1. The second-order valence-electron chi connectivity index (χ2n) is 5.39. The average Bonchev–Trinajstić information content (AvgIpc) is 3.26. The Balaban J connectivity index is 1.34. The number of hydrogen-bond acceptors (Lipinski definition) is 5. The number of anilines is 1. The van der Waals surface area contributed by atoms with Gasteiger partial charge in [-0.15, -0.1) is 0 Å². The first-order chi connectivity index (χ1) is 12.3. The highest BCUT2D eigenvalue weighted by Crippen LogP contribution is 2.34. The predicted octanol–water partition coefficient (Wildman–Crippen LogP) is 3.35. The van der Waals surface area contributed by atoms with Gasteiger partial charge in [-0.25, -0.2) is 0 Å². The number of benzene rings is 2. The molecule has 25 heavy (non-hydrogen) atoms. The van der Waals surface area contributed by atoms with Crippen molar-refractivity contribution in [1.82, 2.24) is 0 Å². The van der Waals surface area contributed by atoms with Crippen LogP contribution in [0.1, 0.15) is 5.56 Å². The summed E-state index contributed by atoms with van der Waals surface area (Å²) in [6.07, 6.45) is 6.80. The van der Waals surface area contributed by atoms with E-state index in [1.165, 1.54) is 6.08 Å². The highest BCUT2D eigenvalue weighted by Gasteiger charge is 2.13. The van der Waals surface area contributed by atoms with Crippen molar-refractivity contribution in [2.75, 3.05) is 18.9 Å². The van der Waals surface area contributed by atoms with Crippen LogP contribution in [0.4, 0.5) is 5.69 Å². The summed E-state index contributed by atoms with van der Waals surface area (Å²) in [5.41, 5.74) is 1.61. The third-order valence-electron chi connectivity index (χ3n) is 3.68. The quantitative estimate of drug-likeness (QED) is 0.684. The smallest absolute Gasteiger partial charge is 0.248 e. The molecule has 0 unspecified atom stereocenters. The number of allylic oxidation sites excluding steroid dienone is 2. The number of rotatable bonds is 4. The fourth-order valence-electron chi connectivity index (χ4n) is 2.48. The van der Waals surface area contributed by atoms with Gasteiger partial charge in [0.15, 0.2) is 23.0 Å². The molecule has 0 saturated heterocycles. The second kappa shape index (κ2) is 6.60. The standard InChI is InChI=1S/C19H15NO5/c21-19(20-14-6-8-16-18(10-14)25-12-23-16)4-2-1-3-13-5-7-15-17(9-13)24-11-22-15/h1-10H,11-12H2,(H,20,21)/b3-1+,4-2+. The van der Waals surface area contributed by atoms with Crippen molar-refractivity contribution in [1.29, 1.82) is 0 Å². The molecule has 2 aromatic rings. The summed E-state index contributed by atoms with van der Waals surface area (Å²) in [7, 11) is 0. The fraction of sp³-hybridized carbons (Fsp3) is 0.105. The van der Waals surface area contributed by atoms with E-state index in [2.05, 4.69) is 5.32 Å². The van der Waals surface area contributed by atoms with Crippen molar-refractivity contribution >= 4 is 17.7 Å². The summed E-state index contributed by atoms with van der Waals surface area (Å²) in [5.74, 6) is 2.56. The third kappa shape index (κ3) is 3.42. The van der Waals surface area contributed by atoms with Crippen LogP contribution in [0, 0.1) is 0 Å². The van der Waals surface area contributed by atoms with E-state index in [1.807, 2.05) is 24.3 Å². The van der Waals surface area contributed by atoms with Crippen molar-refractivity contribution in [3.8, 4) is 23.0 Å². The minimum absolute atomic E-state index is 0.206. The predicted molar refractivity (Wildman–Crippen MR) is 91.9 cm³/mol. The normalized spacial score (nSPS) is 14.4. The van der Waals surface area contributed by atoms with Crippen LogP contribution in [0.3, 0.4) is 0 Å². The van der Waals surface area contributed by atoms with E-state index < -0.39 is 0 Å². The monoisotopic (exact) mass is 337 g/mol. The topological polar surface area (TPSA) is 66.0 Å². The van der Waals surface area contributed by atoms with Crippen LogP contribution in [0.2, 0.25) is 0 Å². The summed E-state index contributed by atoms with van der Waals surface area (Å²) < 4.78 is 21.1. The van der Waals surface area contributed by atoms with Gasteiger partial charge in [0.05, 0.1) is 0 Å². The Morgan fingerprint density at radius 1 is 0.840 bits per heavy atom. The van der Waals surface area contributed by atoms with Gasteiger partial charge in [-0.3, -0.25) is 4.79 Å². The van der Waals surface area contributed by atoms with Crippen LogP contribution in [-0.2, 0) is 4.79 Å². The summed E-state index contributed by atoms with van der Waals surface area (Å²) in [4.78, 5) is 11.9. The summed E-state index contributed by atoms with van der Waals surface area (Å²) in [6.45, 7) is 0.458. The maximum absolute atomic E-state index is 11.9. The Morgan fingerprint density at radius 3 is 2.32 bits per heavy atom. The molecule has 0 aromatic heterocycles. The molecule has 2 aliphatic heterocycles. The molecule has 0 atom stereocenters. The number of amides is 1. The first-order valence-corrected chi connectivity index (χ1v) is 7.73. The number of fused-ring (bicyclic) bond motifs is 2. The highest BCUT2D eigenvalue weighted by molar-refractivity contribution is 5.99. The summed E-state index contributed by atoms with van der Waals surface area (Å²) >= 11 is 0. The SMILES string of the molecule is O=C(/C=C/C=C/c1ccc2c(c1)OCO2)Nc1ccc2c(c1)OCO2. The lowest BCUT2D eigenvalue weighted by atomic mass is 10.2. The number of ether oxygens (including phenoxy) is 4. The van der Waals surface area contributed by atoms with Crippen LogP contribution in [0.15, 0.2) is 54.6 Å². The van der Waals surface area contributed by atoms with E-state index in [1.54, 1.807) is 30.4 Å². The second-order valence-corrected chi connectivity index (χ2v) is 5.39. The third-order valence-corrected chi connectivity index (χ3v) is 3.68. The van der Waals surface area contributed by atoms with Gasteiger partial charge in [0.1, 0.15) is 0 Å². The largest absolute Gasteiger partial charge is 0.454 e. The van der Waals surface area contributed by atoms with Crippen molar-refractivity contribution < 1.29 is 23.7 Å². The number of nitrogens with one attached hydrogen (secondary N) is 1. The zero-order valence-corrected chi connectivity index (χ0v) is 13.2. The van der Waals surface area contributed by atoms with Crippen molar-refractivity contribution in [2.45, 2.75) is 0 Å². The maximum atomic E-state index is 11.9. The van der Waals surface area contributed by atoms with Crippen molar-refractivity contribution in [3.05, 3.63) is 60.2 Å². The van der Waals surface area contributed by atoms with Gasteiger partial charge >= 0.3 is 0 Å². The molecule has 0 saturated carbocycles. The maximum Gasteiger partial charge on any atom is 0.248 e. The molecule has 2 aromatic carbocycles. The Kier molecular flexibility index (Phi) is 4.00. The molecule has 0 fully saturated rings. The molecule has 0 spiro atoms. The van der Waals surface area contributed by atoms with Crippen LogP contribution >= 0.6 is 0 Å². The van der Waals surface area contributed by atoms with E-state index in [-0.39, 0.29) is 19.5 Å². The van der Waals surface area contributed by atoms with Gasteiger partial charge in [-0.1, -0.05) is 24.3 Å². The average molecular weight is 337 g/mol. The van der Waals surface area contributed by atoms with Gasteiger partial charge in [-0.2, -0.15) is 0 Å². The minimum Gasteiger partial charge on any atom is -0.454 e. The molecule has 6 nitrogen and oxygen atoms in total. The summed E-state index contributed by atoms with van der Waals surface area (Å²) in [5, 5.41) is 2.77. The molecule has 2 heterocycles. The zero-order valence-electron chi connectivity index (χ0n) is 13.2. The molecule has 0 bridgehead atoms. The first-order valence-electron chi connectivity index (χ1n) is 7.73. The van der Waals surface area contributed by atoms with E-state index in [4.69, 9.17) is 18.9 Å². The van der Waals surface area contributed by atoms with Gasteiger partial charge in [0.2, 0.25) is 19.5 Å². The zero-order chi connectivity index (χ0) is 17.1. The Hall–Kier alpha value is -3.41. The molecule has 2 aliphatic rings. The van der Waals surface area contributed by atoms with Gasteiger partial charge < -0.3 is 24.3 Å². The van der Waals surface area contributed by atoms with Gasteiger partial charge in [0.25, 0.3) is 0 Å². The lowest BCUT2D eigenvalue weighted by Crippen LogP contribution is -2.07. The van der Waals surface area contributed by atoms with Gasteiger partial charge in [0, 0.05) is 17.8 Å². The highest BCUT2D eigenvalue weighted by atomic mass is 16.7. The number of carbonyl (C=O) groups excluding carboxylic acids is 1. The van der Waals surface area contributed by atoms with Crippen molar-refractivity contribution in [2.24, 2.45) is 0 Å². The van der Waals surface area contributed by atoms with E-state index in [0.717, 1.165) is 17.1 Å². The van der Waals surface area contributed by atoms with E-state index in [0.29, 0.717) is 17.2 Å². The molecule has 0 radical (unpaired) electrons. The summed E-state index contributed by atoms with van der Waals surface area (Å²) in [6, 6.07) is 10.9. The van der Waals surface area contributed by atoms with Crippen molar-refractivity contribution in [3.63, 3.8) is 0 Å². The lowest BCUT2D eigenvalue weighted by Gasteiger charge is -2.03. The van der Waals surface area contributed by atoms with Gasteiger partial charge in [-0.05, 0) is 29.8 Å². The lowest BCUT2D eigenvalue weighted by molar-refractivity contribution is -0.111. The fourth-order valence-corrected chi connectivity index (χ4v) is 2.48. The molecule has 4 rings (SSSR count). The minimum atomic E-state index is -0.228. The Morgan fingerprint density at radius 2 is 1.52 bits per heavy atom. The molecular formula is C19H15NO5. The van der Waals surface area contributed by atoms with Crippen LogP contribution < -0.4 is 24.3 Å². The van der Waals surface area contributed by atoms with Crippen LogP contribution in [0.25, 0.3) is 6.08 Å². The molecule has 1 N–H and O–H groups in total. The Bertz CT molecular complexity index is 872. The molecule has 6 heteroatoms. The Labute approximate surface area is 144 Å². The molecule has 1 amide bonds. The molecule has 0 aliphatic carbocycles.